The Morgan fingerprint density at radius 2 is 2.06 bits per heavy atom. The number of nitriles is 1. The van der Waals surface area contributed by atoms with E-state index < -0.39 is 0 Å². The zero-order valence-corrected chi connectivity index (χ0v) is 9.21. The van der Waals surface area contributed by atoms with Gasteiger partial charge in [0, 0.05) is 19.2 Å². The van der Waals surface area contributed by atoms with Crippen molar-refractivity contribution in [2.75, 3.05) is 13.1 Å². The van der Waals surface area contributed by atoms with Crippen LogP contribution in [-0.4, -0.2) is 35.1 Å². The maximum absolute atomic E-state index is 11.5. The van der Waals surface area contributed by atoms with Gasteiger partial charge in [-0.2, -0.15) is 5.26 Å². The minimum atomic E-state index is -0.373. The first-order valence-electron chi connectivity index (χ1n) is 5.34. The molecule has 1 saturated heterocycles. The molecule has 1 amide bonds. The molecular weight excluding hydrogens is 216 g/mol. The number of nitrogens with zero attached hydrogens (tertiary/aromatic N) is 2. The minimum absolute atomic E-state index is 0.0975. The highest BCUT2D eigenvalue weighted by molar-refractivity contribution is 5.92. The Hall–Kier alpha value is -2.12. The average molecular weight is 228 g/mol. The van der Waals surface area contributed by atoms with Crippen LogP contribution in [0.2, 0.25) is 0 Å². The lowest BCUT2D eigenvalue weighted by Gasteiger charge is -2.34. The second-order valence-electron chi connectivity index (χ2n) is 3.96. The lowest BCUT2D eigenvalue weighted by atomic mass is 10.1. The molecule has 17 heavy (non-hydrogen) atoms. The maximum Gasteiger partial charge on any atom is 0.246 e. The highest BCUT2D eigenvalue weighted by Crippen LogP contribution is 2.10. The van der Waals surface area contributed by atoms with E-state index in [-0.39, 0.29) is 12.0 Å². The van der Waals surface area contributed by atoms with E-state index in [4.69, 9.17) is 10.4 Å². The summed E-state index contributed by atoms with van der Waals surface area (Å²) in [6.07, 6.45) is 2.81. The van der Waals surface area contributed by atoms with Gasteiger partial charge in [0.15, 0.2) is 0 Å². The molecule has 1 aromatic carbocycles. The van der Waals surface area contributed by atoms with Gasteiger partial charge in [0.2, 0.25) is 5.91 Å². The van der Waals surface area contributed by atoms with E-state index in [9.17, 15) is 4.79 Å². The van der Waals surface area contributed by atoms with Crippen LogP contribution in [0.1, 0.15) is 11.1 Å². The van der Waals surface area contributed by atoms with Crippen LogP contribution in [0.5, 0.6) is 0 Å². The topological polar surface area (TPSA) is 64.3 Å². The number of aliphatic hydroxyl groups excluding tert-OH is 1. The van der Waals surface area contributed by atoms with Gasteiger partial charge in [0.05, 0.1) is 17.7 Å². The van der Waals surface area contributed by atoms with Crippen LogP contribution >= 0.6 is 0 Å². The number of β-amino-alcohol motifs (C(OH)–C–C–N with tert-alkyl or cyclic N) is 1. The summed E-state index contributed by atoms with van der Waals surface area (Å²) < 4.78 is 0. The molecule has 0 bridgehead atoms. The molecule has 1 aliphatic rings. The van der Waals surface area contributed by atoms with Crippen LogP contribution in [-0.2, 0) is 4.79 Å². The SMILES string of the molecule is N#Cc1ccc(C=CC(=O)N2CC(O)C2)cc1. The smallest absolute Gasteiger partial charge is 0.246 e. The van der Waals surface area contributed by atoms with Gasteiger partial charge < -0.3 is 10.0 Å². The van der Waals surface area contributed by atoms with Crippen molar-refractivity contribution in [2.24, 2.45) is 0 Å². The van der Waals surface area contributed by atoms with Crippen molar-refractivity contribution < 1.29 is 9.90 Å². The van der Waals surface area contributed by atoms with E-state index in [1.54, 1.807) is 35.2 Å². The third-order valence-corrected chi connectivity index (χ3v) is 2.63. The second kappa shape index (κ2) is 4.81. The van der Waals surface area contributed by atoms with E-state index in [0.29, 0.717) is 18.7 Å². The van der Waals surface area contributed by atoms with Crippen molar-refractivity contribution in [1.82, 2.24) is 4.90 Å². The van der Waals surface area contributed by atoms with Gasteiger partial charge in [-0.1, -0.05) is 12.1 Å². The Morgan fingerprint density at radius 3 is 2.59 bits per heavy atom. The second-order valence-corrected chi connectivity index (χ2v) is 3.96. The zero-order chi connectivity index (χ0) is 12.3. The Balaban J connectivity index is 1.95. The summed E-state index contributed by atoms with van der Waals surface area (Å²) >= 11 is 0. The Labute approximate surface area is 99.4 Å². The van der Waals surface area contributed by atoms with Gasteiger partial charge in [-0.25, -0.2) is 0 Å². The fraction of sp³-hybridized carbons (Fsp3) is 0.231. The van der Waals surface area contributed by atoms with Gasteiger partial charge in [-0.05, 0) is 23.8 Å². The molecular formula is C13H12N2O2. The maximum atomic E-state index is 11.5. The highest BCUT2D eigenvalue weighted by Gasteiger charge is 2.26. The number of amides is 1. The predicted octanol–water partition coefficient (Wildman–Crippen LogP) is 0.775. The zero-order valence-electron chi connectivity index (χ0n) is 9.21. The van der Waals surface area contributed by atoms with Gasteiger partial charge in [-0.15, -0.1) is 0 Å². The molecule has 0 unspecified atom stereocenters. The number of carbonyl (C=O) groups is 1. The lowest BCUT2D eigenvalue weighted by Crippen LogP contribution is -2.52. The summed E-state index contributed by atoms with van der Waals surface area (Å²) in [5.41, 5.74) is 1.47. The molecule has 4 heteroatoms. The number of benzene rings is 1. The van der Waals surface area contributed by atoms with E-state index in [1.807, 2.05) is 6.07 Å². The number of aliphatic hydroxyl groups is 1. The van der Waals surface area contributed by atoms with Crippen molar-refractivity contribution in [2.45, 2.75) is 6.10 Å². The van der Waals surface area contributed by atoms with E-state index >= 15 is 0 Å². The third-order valence-electron chi connectivity index (χ3n) is 2.63. The van der Waals surface area contributed by atoms with Crippen LogP contribution in [0.4, 0.5) is 0 Å². The standard InChI is InChI=1S/C13H12N2O2/c14-7-11-3-1-10(2-4-11)5-6-13(17)15-8-12(16)9-15/h1-6,12,16H,8-9H2. The lowest BCUT2D eigenvalue weighted by molar-refractivity contribution is -0.135. The van der Waals surface area contributed by atoms with Crippen LogP contribution in [0.3, 0.4) is 0 Å². The van der Waals surface area contributed by atoms with Crippen molar-refractivity contribution in [1.29, 1.82) is 5.26 Å². The first-order chi connectivity index (χ1) is 8.19. The van der Waals surface area contributed by atoms with Crippen LogP contribution in [0.25, 0.3) is 6.08 Å². The van der Waals surface area contributed by atoms with Crippen LogP contribution in [0.15, 0.2) is 30.3 Å². The summed E-state index contributed by atoms with van der Waals surface area (Å²) in [5.74, 6) is -0.0975. The summed E-state index contributed by atoms with van der Waals surface area (Å²) in [5, 5.41) is 17.7. The van der Waals surface area contributed by atoms with Crippen LogP contribution < -0.4 is 0 Å². The molecule has 2 rings (SSSR count). The average Bonchev–Trinajstić information content (AvgIpc) is 2.32. The largest absolute Gasteiger partial charge is 0.389 e. The molecule has 0 spiro atoms. The van der Waals surface area contributed by atoms with Crippen molar-refractivity contribution in [3.8, 4) is 6.07 Å². The molecule has 0 aromatic heterocycles. The fourth-order valence-electron chi connectivity index (χ4n) is 1.58. The molecule has 0 aliphatic carbocycles. The molecule has 1 aliphatic heterocycles. The van der Waals surface area contributed by atoms with Crippen LogP contribution in [0, 0.1) is 11.3 Å². The molecule has 4 nitrogen and oxygen atoms in total. The summed E-state index contributed by atoms with van der Waals surface area (Å²) in [7, 11) is 0. The quantitative estimate of drug-likeness (QED) is 0.760. The molecule has 86 valence electrons. The number of hydrogen-bond acceptors (Lipinski definition) is 3. The molecule has 1 fully saturated rings. The van der Waals surface area contributed by atoms with Crippen molar-refractivity contribution in [3.63, 3.8) is 0 Å². The molecule has 0 saturated carbocycles. The van der Waals surface area contributed by atoms with Gasteiger partial charge in [0.25, 0.3) is 0 Å². The van der Waals surface area contributed by atoms with Gasteiger partial charge in [-0.3, -0.25) is 4.79 Å². The number of carbonyl (C=O) groups excluding carboxylic acids is 1. The highest BCUT2D eigenvalue weighted by atomic mass is 16.3. The summed E-state index contributed by atoms with van der Waals surface area (Å²) in [4.78, 5) is 13.1. The number of hydrogen-bond donors (Lipinski definition) is 1. The fourth-order valence-corrected chi connectivity index (χ4v) is 1.58. The number of likely N-dealkylation sites (tertiary alicyclic amines) is 1. The van der Waals surface area contributed by atoms with Crippen molar-refractivity contribution >= 4 is 12.0 Å². The first-order valence-corrected chi connectivity index (χ1v) is 5.34. The van der Waals surface area contributed by atoms with Crippen molar-refractivity contribution in [3.05, 3.63) is 41.5 Å². The molecule has 1 N–H and O–H groups in total. The normalized spacial score (nSPS) is 15.6. The molecule has 1 aromatic rings. The third kappa shape index (κ3) is 2.71. The van der Waals surface area contributed by atoms with E-state index in [2.05, 4.69) is 0 Å². The molecule has 0 atom stereocenters. The van der Waals surface area contributed by atoms with Gasteiger partial charge in [0.1, 0.15) is 0 Å². The minimum Gasteiger partial charge on any atom is -0.389 e. The first kappa shape index (κ1) is 11.4. The predicted molar refractivity (Wildman–Crippen MR) is 62.8 cm³/mol. The monoisotopic (exact) mass is 228 g/mol. The summed E-state index contributed by atoms with van der Waals surface area (Å²) in [6, 6.07) is 9.02. The molecule has 1 heterocycles. The Kier molecular flexibility index (Phi) is 3.22. The summed E-state index contributed by atoms with van der Waals surface area (Å²) in [6.45, 7) is 0.826. The van der Waals surface area contributed by atoms with Gasteiger partial charge >= 0.3 is 0 Å². The van der Waals surface area contributed by atoms with E-state index in [0.717, 1.165) is 5.56 Å². The Morgan fingerprint density at radius 1 is 1.41 bits per heavy atom. The van der Waals surface area contributed by atoms with E-state index in [1.165, 1.54) is 6.08 Å². The Bertz CT molecular complexity index is 479. The number of rotatable bonds is 2. The molecule has 0 radical (unpaired) electrons.